The fourth-order valence-electron chi connectivity index (χ4n) is 1.98. The van der Waals surface area contributed by atoms with E-state index in [9.17, 15) is 13.6 Å². The van der Waals surface area contributed by atoms with Crippen LogP contribution in [0.25, 0.3) is 10.9 Å². The number of carbonyl (C=O) groups excluding carboxylic acids is 1. The van der Waals surface area contributed by atoms with E-state index in [0.29, 0.717) is 17.0 Å². The Morgan fingerprint density at radius 1 is 1.39 bits per heavy atom. The summed E-state index contributed by atoms with van der Waals surface area (Å²) in [5, 5.41) is 2.91. The number of halogens is 3. The van der Waals surface area contributed by atoms with E-state index in [2.05, 4.69) is 10.3 Å². The molecule has 0 aliphatic heterocycles. The molecule has 0 saturated heterocycles. The van der Waals surface area contributed by atoms with Crippen LogP contribution in [0.5, 0.6) is 5.75 Å². The maximum Gasteiger partial charge on any atom is 0.277 e. The van der Waals surface area contributed by atoms with Gasteiger partial charge in [-0.1, -0.05) is 0 Å². The van der Waals surface area contributed by atoms with Crippen LogP contribution in [0, 0.1) is 6.92 Å². The van der Waals surface area contributed by atoms with Crippen molar-refractivity contribution in [3.8, 4) is 5.75 Å². The predicted octanol–water partition coefficient (Wildman–Crippen LogP) is 2.30. The molecule has 3 N–H and O–H groups in total. The number of ether oxygens (including phenoxy) is 1. The van der Waals surface area contributed by atoms with Crippen LogP contribution in [0.3, 0.4) is 0 Å². The Kier molecular flexibility index (Phi) is 6.23. The van der Waals surface area contributed by atoms with E-state index >= 15 is 0 Å². The molecule has 8 heteroatoms. The first-order valence-corrected chi connectivity index (χ1v) is 6.68. The van der Waals surface area contributed by atoms with Crippen LogP contribution < -0.4 is 15.8 Å². The highest BCUT2D eigenvalue weighted by Gasteiger charge is 2.27. The average molecular weight is 346 g/mol. The van der Waals surface area contributed by atoms with Gasteiger partial charge >= 0.3 is 0 Å². The van der Waals surface area contributed by atoms with Gasteiger partial charge < -0.3 is 15.8 Å². The maximum atomic E-state index is 13.1. The van der Waals surface area contributed by atoms with Crippen molar-refractivity contribution >= 4 is 29.2 Å². The molecule has 0 radical (unpaired) electrons. The van der Waals surface area contributed by atoms with Crippen molar-refractivity contribution in [2.75, 3.05) is 20.2 Å². The van der Waals surface area contributed by atoms with Crippen molar-refractivity contribution < 1.29 is 18.3 Å². The van der Waals surface area contributed by atoms with E-state index in [-0.39, 0.29) is 18.0 Å². The molecule has 2 rings (SSSR count). The molecule has 0 unspecified atom stereocenters. The number of aromatic nitrogens is 1. The van der Waals surface area contributed by atoms with Gasteiger partial charge in [0.1, 0.15) is 5.75 Å². The lowest BCUT2D eigenvalue weighted by atomic mass is 10.1. The Morgan fingerprint density at radius 3 is 2.70 bits per heavy atom. The van der Waals surface area contributed by atoms with Crippen LogP contribution in [-0.2, 0) is 0 Å². The molecule has 1 heterocycles. The van der Waals surface area contributed by atoms with Gasteiger partial charge in [-0.05, 0) is 25.1 Å². The van der Waals surface area contributed by atoms with Gasteiger partial charge in [-0.3, -0.25) is 9.78 Å². The first kappa shape index (κ1) is 19.1. The first-order chi connectivity index (χ1) is 10.4. The molecule has 0 saturated carbocycles. The Morgan fingerprint density at radius 2 is 2.09 bits per heavy atom. The number of nitrogens with two attached hydrogens (primary N) is 1. The van der Waals surface area contributed by atoms with Crippen LogP contribution in [0.15, 0.2) is 24.3 Å². The Hall–Kier alpha value is -1.99. The number of rotatable bonds is 5. The number of hydrogen-bond donors (Lipinski definition) is 2. The predicted molar refractivity (Wildman–Crippen MR) is 86.6 cm³/mol. The van der Waals surface area contributed by atoms with Crippen LogP contribution in [0.4, 0.5) is 8.78 Å². The third kappa shape index (κ3) is 4.49. The summed E-state index contributed by atoms with van der Waals surface area (Å²) in [4.78, 5) is 16.4. The standard InChI is InChI=1S/C15H17F2N3O2.ClH/c1-9-12(14(21)19-8-15(16,17)7-18)5-10-3-4-11(22-2)6-13(10)20-9;/h3-6H,7-8,18H2,1-2H3,(H,19,21);1H. The highest BCUT2D eigenvalue weighted by molar-refractivity contribution is 5.98. The molecule has 5 nitrogen and oxygen atoms in total. The molecule has 0 fully saturated rings. The highest BCUT2D eigenvalue weighted by Crippen LogP contribution is 2.21. The van der Waals surface area contributed by atoms with Gasteiger partial charge in [0, 0.05) is 11.5 Å². The van der Waals surface area contributed by atoms with Crippen LogP contribution in [-0.4, -0.2) is 37.0 Å². The van der Waals surface area contributed by atoms with Crippen LogP contribution in [0.2, 0.25) is 0 Å². The second-order valence-corrected chi connectivity index (χ2v) is 4.92. The van der Waals surface area contributed by atoms with E-state index in [1.165, 1.54) is 0 Å². The Balaban J connectivity index is 0.00000264. The molecule has 0 aliphatic carbocycles. The maximum absolute atomic E-state index is 13.1. The molecule has 1 aromatic carbocycles. The number of amides is 1. The zero-order chi connectivity index (χ0) is 16.3. The van der Waals surface area contributed by atoms with E-state index in [1.807, 2.05) is 0 Å². The van der Waals surface area contributed by atoms with Crippen molar-refractivity contribution in [2.24, 2.45) is 5.73 Å². The lowest BCUT2D eigenvalue weighted by Gasteiger charge is -2.15. The molecule has 0 atom stereocenters. The van der Waals surface area contributed by atoms with Gasteiger partial charge in [0.25, 0.3) is 11.8 Å². The van der Waals surface area contributed by atoms with Crippen molar-refractivity contribution in [3.63, 3.8) is 0 Å². The van der Waals surface area contributed by atoms with Crippen LogP contribution in [0.1, 0.15) is 16.1 Å². The molecule has 0 spiro atoms. The zero-order valence-electron chi connectivity index (χ0n) is 12.7. The van der Waals surface area contributed by atoms with Gasteiger partial charge in [-0.15, -0.1) is 12.4 Å². The number of aryl methyl sites for hydroxylation is 1. The minimum atomic E-state index is -3.12. The van der Waals surface area contributed by atoms with Gasteiger partial charge in [-0.2, -0.15) is 0 Å². The van der Waals surface area contributed by atoms with Gasteiger partial charge in [-0.25, -0.2) is 8.78 Å². The number of alkyl halides is 2. The number of hydrogen-bond acceptors (Lipinski definition) is 4. The van der Waals surface area contributed by atoms with E-state index in [0.717, 1.165) is 5.39 Å². The summed E-state index contributed by atoms with van der Waals surface area (Å²) in [7, 11) is 1.55. The minimum absolute atomic E-state index is 0. The summed E-state index contributed by atoms with van der Waals surface area (Å²) < 4.78 is 31.3. The third-order valence-electron chi connectivity index (χ3n) is 3.27. The summed E-state index contributed by atoms with van der Waals surface area (Å²) in [6, 6.07) is 6.86. The number of nitrogens with zero attached hydrogens (tertiary/aromatic N) is 1. The minimum Gasteiger partial charge on any atom is -0.497 e. The number of carbonyl (C=O) groups is 1. The summed E-state index contributed by atoms with van der Waals surface area (Å²) in [5.41, 5.74) is 6.31. The molecule has 1 amide bonds. The molecule has 0 bridgehead atoms. The monoisotopic (exact) mass is 345 g/mol. The number of nitrogens with one attached hydrogen (secondary N) is 1. The van der Waals surface area contributed by atoms with E-state index < -0.39 is 24.9 Å². The lowest BCUT2D eigenvalue weighted by molar-refractivity contribution is 0.0118. The van der Waals surface area contributed by atoms with Crippen molar-refractivity contribution in [2.45, 2.75) is 12.8 Å². The quantitative estimate of drug-likeness (QED) is 0.871. The summed E-state index contributed by atoms with van der Waals surface area (Å²) in [6.45, 7) is 0.0271. The zero-order valence-corrected chi connectivity index (χ0v) is 13.5. The Bertz CT molecular complexity index is 710. The highest BCUT2D eigenvalue weighted by atomic mass is 35.5. The van der Waals surface area contributed by atoms with Crippen molar-refractivity contribution in [1.82, 2.24) is 10.3 Å². The van der Waals surface area contributed by atoms with E-state index in [4.69, 9.17) is 10.5 Å². The largest absolute Gasteiger partial charge is 0.497 e. The summed E-state index contributed by atoms with van der Waals surface area (Å²) >= 11 is 0. The second-order valence-electron chi connectivity index (χ2n) is 4.92. The number of benzene rings is 1. The Labute approximate surface area is 138 Å². The summed E-state index contributed by atoms with van der Waals surface area (Å²) in [6.07, 6.45) is 0. The SMILES string of the molecule is COc1ccc2cc(C(=O)NCC(F)(F)CN)c(C)nc2c1.Cl. The summed E-state index contributed by atoms with van der Waals surface area (Å²) in [5.74, 6) is -3.07. The number of fused-ring (bicyclic) bond motifs is 1. The van der Waals surface area contributed by atoms with Crippen molar-refractivity contribution in [1.29, 1.82) is 0 Å². The smallest absolute Gasteiger partial charge is 0.277 e. The average Bonchev–Trinajstić information content (AvgIpc) is 2.51. The fraction of sp³-hybridized carbons (Fsp3) is 0.333. The third-order valence-corrected chi connectivity index (χ3v) is 3.27. The molecule has 126 valence electrons. The van der Waals surface area contributed by atoms with Gasteiger partial charge in [0.2, 0.25) is 0 Å². The van der Waals surface area contributed by atoms with E-state index in [1.54, 1.807) is 38.3 Å². The van der Waals surface area contributed by atoms with Crippen LogP contribution >= 0.6 is 12.4 Å². The molecule has 2 aromatic rings. The molecular weight excluding hydrogens is 328 g/mol. The topological polar surface area (TPSA) is 77.2 Å². The molecule has 23 heavy (non-hydrogen) atoms. The van der Waals surface area contributed by atoms with Gasteiger partial charge in [0.15, 0.2) is 0 Å². The fourth-order valence-corrected chi connectivity index (χ4v) is 1.98. The van der Waals surface area contributed by atoms with Gasteiger partial charge in [0.05, 0.1) is 37.0 Å². The second kappa shape index (κ2) is 7.52. The lowest BCUT2D eigenvalue weighted by Crippen LogP contribution is -2.41. The number of pyridine rings is 1. The first-order valence-electron chi connectivity index (χ1n) is 6.68. The molecule has 1 aromatic heterocycles. The number of methoxy groups -OCH3 is 1. The van der Waals surface area contributed by atoms with Crippen molar-refractivity contribution in [3.05, 3.63) is 35.5 Å². The molecule has 0 aliphatic rings. The molecular formula is C15H18ClF2N3O2. The normalized spacial score (nSPS) is 11.0.